The molecule has 96 valence electrons. The van der Waals surface area contributed by atoms with Crippen molar-refractivity contribution in [3.8, 4) is 6.07 Å². The van der Waals surface area contributed by atoms with Crippen molar-refractivity contribution in [1.29, 1.82) is 5.26 Å². The van der Waals surface area contributed by atoms with Gasteiger partial charge in [0.15, 0.2) is 0 Å². The van der Waals surface area contributed by atoms with Crippen molar-refractivity contribution in [3.63, 3.8) is 0 Å². The first-order valence-electron chi connectivity index (χ1n) is 6.10. The van der Waals surface area contributed by atoms with Crippen LogP contribution in [0.2, 0.25) is 0 Å². The number of fused-ring (bicyclic) bond motifs is 1. The van der Waals surface area contributed by atoms with Crippen molar-refractivity contribution in [2.75, 3.05) is 5.32 Å². The first-order chi connectivity index (χ1) is 9.19. The van der Waals surface area contributed by atoms with Crippen molar-refractivity contribution < 1.29 is 4.79 Å². The first-order valence-corrected chi connectivity index (χ1v) is 7.80. The van der Waals surface area contributed by atoms with Crippen LogP contribution in [0.25, 0.3) is 0 Å². The van der Waals surface area contributed by atoms with E-state index in [-0.39, 0.29) is 5.91 Å². The van der Waals surface area contributed by atoms with Crippen LogP contribution < -0.4 is 5.32 Å². The molecule has 0 atom stereocenters. The molecule has 0 radical (unpaired) electrons. The third-order valence-electron chi connectivity index (χ3n) is 3.25. The number of carbonyl (C=O) groups excluding carboxylic acids is 1. The molecule has 3 nitrogen and oxygen atoms in total. The summed E-state index contributed by atoms with van der Waals surface area (Å²) in [6.45, 7) is 1.97. The summed E-state index contributed by atoms with van der Waals surface area (Å²) >= 11 is 3.11. The van der Waals surface area contributed by atoms with E-state index in [2.05, 4.69) is 11.4 Å². The Morgan fingerprint density at radius 3 is 3.00 bits per heavy atom. The molecule has 0 aromatic carbocycles. The molecule has 0 fully saturated rings. The van der Waals surface area contributed by atoms with E-state index in [1.807, 2.05) is 18.4 Å². The number of nitrogens with zero attached hydrogens (tertiary/aromatic N) is 1. The van der Waals surface area contributed by atoms with E-state index in [0.717, 1.165) is 29.7 Å². The number of hydrogen-bond acceptors (Lipinski definition) is 4. The molecule has 2 heterocycles. The van der Waals surface area contributed by atoms with Crippen LogP contribution in [0.15, 0.2) is 11.4 Å². The van der Waals surface area contributed by atoms with E-state index in [1.54, 1.807) is 22.7 Å². The number of amides is 1. The molecule has 3 rings (SSSR count). The maximum absolute atomic E-state index is 12.1. The lowest BCUT2D eigenvalue weighted by Gasteiger charge is -2.01. The monoisotopic (exact) mass is 288 g/mol. The Labute approximate surface area is 119 Å². The Morgan fingerprint density at radius 2 is 2.32 bits per heavy atom. The van der Waals surface area contributed by atoms with E-state index in [9.17, 15) is 10.1 Å². The highest BCUT2D eigenvalue weighted by molar-refractivity contribution is 7.16. The lowest BCUT2D eigenvalue weighted by Crippen LogP contribution is -2.10. The fourth-order valence-corrected chi connectivity index (χ4v) is 4.27. The van der Waals surface area contributed by atoms with Crippen LogP contribution in [-0.4, -0.2) is 5.91 Å². The predicted octanol–water partition coefficient (Wildman–Crippen LogP) is 3.73. The maximum atomic E-state index is 12.1. The lowest BCUT2D eigenvalue weighted by molar-refractivity contribution is 0.102. The molecule has 0 bridgehead atoms. The standard InChI is InChI=1S/C14H12N2OS2/c1-8-5-9(7-18-8)13(17)16-14-11(6-15)10-3-2-4-12(10)19-14/h5,7H,2-4H2,1H3,(H,16,17). The van der Waals surface area contributed by atoms with Gasteiger partial charge in [0.25, 0.3) is 5.91 Å². The zero-order valence-electron chi connectivity index (χ0n) is 10.4. The second-order valence-electron chi connectivity index (χ2n) is 4.57. The van der Waals surface area contributed by atoms with Crippen molar-refractivity contribution in [1.82, 2.24) is 0 Å². The third-order valence-corrected chi connectivity index (χ3v) is 5.32. The van der Waals surface area contributed by atoms with E-state index < -0.39 is 0 Å². The fraction of sp³-hybridized carbons (Fsp3) is 0.286. The van der Waals surface area contributed by atoms with Crippen LogP contribution in [0.5, 0.6) is 0 Å². The molecule has 1 amide bonds. The molecule has 0 aliphatic heterocycles. The van der Waals surface area contributed by atoms with Gasteiger partial charge < -0.3 is 5.32 Å². The molecular weight excluding hydrogens is 276 g/mol. The summed E-state index contributed by atoms with van der Waals surface area (Å²) in [4.78, 5) is 14.5. The SMILES string of the molecule is Cc1cc(C(=O)Nc2sc3c(c2C#N)CCC3)cs1. The normalized spacial score (nSPS) is 13.1. The minimum absolute atomic E-state index is 0.124. The van der Waals surface area contributed by atoms with Gasteiger partial charge in [-0.2, -0.15) is 5.26 Å². The summed E-state index contributed by atoms with van der Waals surface area (Å²) in [6.07, 6.45) is 3.11. The quantitative estimate of drug-likeness (QED) is 0.915. The van der Waals surface area contributed by atoms with E-state index in [4.69, 9.17) is 0 Å². The number of anilines is 1. The number of carbonyl (C=O) groups is 1. The minimum atomic E-state index is -0.124. The summed E-state index contributed by atoms with van der Waals surface area (Å²) in [6, 6.07) is 4.10. The Hall–Kier alpha value is -1.64. The van der Waals surface area contributed by atoms with E-state index >= 15 is 0 Å². The molecule has 0 unspecified atom stereocenters. The number of aryl methyl sites for hydroxylation is 2. The van der Waals surface area contributed by atoms with Gasteiger partial charge in [0, 0.05) is 15.1 Å². The molecular formula is C14H12N2OS2. The summed E-state index contributed by atoms with van der Waals surface area (Å²) in [5, 5.41) is 14.7. The Balaban J connectivity index is 1.88. The topological polar surface area (TPSA) is 52.9 Å². The van der Waals surface area contributed by atoms with Crippen LogP contribution in [0.3, 0.4) is 0 Å². The summed E-state index contributed by atoms with van der Waals surface area (Å²) < 4.78 is 0. The van der Waals surface area contributed by atoms with Crippen molar-refractivity contribution in [2.45, 2.75) is 26.2 Å². The first kappa shape index (κ1) is 12.4. The molecule has 0 saturated heterocycles. The fourth-order valence-electron chi connectivity index (χ4n) is 2.35. The molecule has 2 aromatic rings. The maximum Gasteiger partial charge on any atom is 0.257 e. The Kier molecular flexibility index (Phi) is 3.13. The van der Waals surface area contributed by atoms with Gasteiger partial charge >= 0.3 is 0 Å². The molecule has 19 heavy (non-hydrogen) atoms. The Bertz CT molecular complexity index is 691. The lowest BCUT2D eigenvalue weighted by atomic mass is 10.1. The van der Waals surface area contributed by atoms with Crippen molar-refractivity contribution in [3.05, 3.63) is 37.9 Å². The summed E-state index contributed by atoms with van der Waals surface area (Å²) in [5.41, 5.74) is 2.47. The van der Waals surface area contributed by atoms with Crippen LogP contribution in [0.4, 0.5) is 5.00 Å². The summed E-state index contributed by atoms with van der Waals surface area (Å²) in [5.74, 6) is -0.124. The average molecular weight is 288 g/mol. The van der Waals surface area contributed by atoms with Crippen LogP contribution in [0.1, 0.15) is 37.7 Å². The van der Waals surface area contributed by atoms with E-state index in [0.29, 0.717) is 16.1 Å². The van der Waals surface area contributed by atoms with Gasteiger partial charge in [-0.25, -0.2) is 0 Å². The van der Waals surface area contributed by atoms with Gasteiger partial charge in [-0.1, -0.05) is 0 Å². The van der Waals surface area contributed by atoms with Crippen LogP contribution in [-0.2, 0) is 12.8 Å². The molecule has 5 heteroatoms. The zero-order chi connectivity index (χ0) is 13.4. The highest BCUT2D eigenvalue weighted by Gasteiger charge is 2.23. The van der Waals surface area contributed by atoms with Gasteiger partial charge in [0.05, 0.1) is 11.1 Å². The summed E-state index contributed by atoms with van der Waals surface area (Å²) in [7, 11) is 0. The second kappa shape index (κ2) is 4.80. The van der Waals surface area contributed by atoms with Crippen LogP contribution in [0, 0.1) is 18.3 Å². The average Bonchev–Trinajstić information content (AvgIpc) is 3.04. The minimum Gasteiger partial charge on any atom is -0.312 e. The molecule has 1 N–H and O–H groups in total. The molecule has 0 saturated carbocycles. The molecule has 0 spiro atoms. The predicted molar refractivity (Wildman–Crippen MR) is 78.1 cm³/mol. The number of hydrogen-bond donors (Lipinski definition) is 1. The van der Waals surface area contributed by atoms with E-state index in [1.165, 1.54) is 4.88 Å². The number of rotatable bonds is 2. The number of nitrogens with one attached hydrogen (secondary N) is 1. The third kappa shape index (κ3) is 2.18. The molecule has 1 aliphatic carbocycles. The number of nitriles is 1. The highest BCUT2D eigenvalue weighted by Crippen LogP contribution is 2.38. The van der Waals surface area contributed by atoms with Crippen LogP contribution >= 0.6 is 22.7 Å². The smallest absolute Gasteiger partial charge is 0.257 e. The Morgan fingerprint density at radius 1 is 1.47 bits per heavy atom. The van der Waals surface area contributed by atoms with Gasteiger partial charge in [-0.05, 0) is 37.8 Å². The van der Waals surface area contributed by atoms with Gasteiger partial charge in [-0.3, -0.25) is 4.79 Å². The van der Waals surface area contributed by atoms with Crippen molar-refractivity contribution in [2.24, 2.45) is 0 Å². The largest absolute Gasteiger partial charge is 0.312 e. The molecule has 2 aromatic heterocycles. The van der Waals surface area contributed by atoms with Gasteiger partial charge in [-0.15, -0.1) is 22.7 Å². The zero-order valence-corrected chi connectivity index (χ0v) is 12.1. The highest BCUT2D eigenvalue weighted by atomic mass is 32.1. The van der Waals surface area contributed by atoms with Gasteiger partial charge in [0.1, 0.15) is 11.1 Å². The molecule has 1 aliphatic rings. The number of thiophene rings is 2. The van der Waals surface area contributed by atoms with Gasteiger partial charge in [0.2, 0.25) is 0 Å². The second-order valence-corrected chi connectivity index (χ2v) is 6.79. The van der Waals surface area contributed by atoms with Crippen molar-refractivity contribution >= 4 is 33.6 Å².